The van der Waals surface area contributed by atoms with Gasteiger partial charge < -0.3 is 10.1 Å². The molecule has 0 aliphatic heterocycles. The van der Waals surface area contributed by atoms with Gasteiger partial charge in [-0.2, -0.15) is 0 Å². The first-order chi connectivity index (χ1) is 18.5. The monoisotopic (exact) mass is 567 g/mol. The van der Waals surface area contributed by atoms with Crippen LogP contribution in [0.25, 0.3) is 15.9 Å². The van der Waals surface area contributed by atoms with Crippen LogP contribution in [0.1, 0.15) is 75.8 Å². The highest BCUT2D eigenvalue weighted by Crippen LogP contribution is 2.42. The molecule has 1 N–H and O–H groups in total. The van der Waals surface area contributed by atoms with Crippen LogP contribution in [-0.2, 0) is 17.6 Å². The summed E-state index contributed by atoms with van der Waals surface area (Å²) in [6.07, 6.45) is 7.35. The van der Waals surface area contributed by atoms with Gasteiger partial charge in [-0.05, 0) is 86.3 Å². The molecule has 39 heavy (non-hydrogen) atoms. The Balaban J connectivity index is 1.53. The van der Waals surface area contributed by atoms with Crippen molar-refractivity contribution in [1.82, 2.24) is 14.9 Å². The number of thioether (sulfide) groups is 1. The largest absolute Gasteiger partial charge is 0.497 e. The summed E-state index contributed by atoms with van der Waals surface area (Å²) in [5, 5.41) is 4.52. The molecule has 1 fully saturated rings. The van der Waals surface area contributed by atoms with E-state index in [9.17, 15) is 9.59 Å². The highest BCUT2D eigenvalue weighted by atomic mass is 32.2. The maximum absolute atomic E-state index is 14.3. The molecular weight excluding hydrogens is 526 g/mol. The van der Waals surface area contributed by atoms with Crippen molar-refractivity contribution in [3.05, 3.63) is 44.6 Å². The van der Waals surface area contributed by atoms with E-state index in [-0.39, 0.29) is 28.7 Å². The van der Waals surface area contributed by atoms with Crippen LogP contribution < -0.4 is 15.6 Å². The topological polar surface area (TPSA) is 73.2 Å². The zero-order chi connectivity index (χ0) is 27.9. The third-order valence-corrected chi connectivity index (χ3v) is 10.7. The first-order valence-electron chi connectivity index (χ1n) is 14.2. The number of aromatic nitrogens is 2. The Kier molecular flexibility index (Phi) is 8.16. The number of nitrogens with one attached hydrogen (secondary N) is 1. The summed E-state index contributed by atoms with van der Waals surface area (Å²) in [5.41, 5.74) is 3.06. The number of amides is 1. The summed E-state index contributed by atoms with van der Waals surface area (Å²) in [6, 6.07) is 6.01. The Labute approximate surface area is 239 Å². The Hall–Kier alpha value is -2.32. The minimum absolute atomic E-state index is 0.00121. The first-order valence-corrected chi connectivity index (χ1v) is 16.0. The molecule has 1 atom stereocenters. The molecule has 6 nitrogen and oxygen atoms in total. The van der Waals surface area contributed by atoms with Crippen molar-refractivity contribution in [2.75, 3.05) is 12.9 Å². The van der Waals surface area contributed by atoms with Crippen LogP contribution in [0.15, 0.2) is 28.2 Å². The predicted molar refractivity (Wildman–Crippen MR) is 162 cm³/mol. The smallest absolute Gasteiger partial charge is 0.267 e. The molecule has 2 aromatic heterocycles. The van der Waals surface area contributed by atoms with E-state index in [1.165, 1.54) is 22.2 Å². The SMILES string of the molecule is COc1ccc(C)c(-n2c(SCC(=O)NC3CCC(C)CC3)nc3sc4c(c3c2=O)CC[C@H](C(C)(C)C)C4)c1. The number of ether oxygens (including phenoxy) is 1. The molecule has 5 rings (SSSR count). The number of benzene rings is 1. The lowest BCUT2D eigenvalue weighted by Crippen LogP contribution is -2.38. The number of rotatable bonds is 6. The molecule has 2 heterocycles. The first kappa shape index (κ1) is 28.2. The number of methoxy groups -OCH3 is 1. The second-order valence-electron chi connectivity index (χ2n) is 12.5. The van der Waals surface area contributed by atoms with Gasteiger partial charge in [0.25, 0.3) is 5.56 Å². The quantitative estimate of drug-likeness (QED) is 0.265. The maximum Gasteiger partial charge on any atom is 0.267 e. The van der Waals surface area contributed by atoms with Crippen molar-refractivity contribution in [3.8, 4) is 11.4 Å². The van der Waals surface area contributed by atoms with Crippen molar-refractivity contribution in [2.24, 2.45) is 17.3 Å². The normalized spacial score (nSPS) is 21.5. The lowest BCUT2D eigenvalue weighted by molar-refractivity contribution is -0.119. The van der Waals surface area contributed by atoms with Crippen LogP contribution in [0.3, 0.4) is 0 Å². The van der Waals surface area contributed by atoms with Gasteiger partial charge in [-0.1, -0.05) is 45.5 Å². The third-order valence-electron chi connectivity index (χ3n) is 8.65. The van der Waals surface area contributed by atoms with Gasteiger partial charge in [-0.25, -0.2) is 4.98 Å². The Morgan fingerprint density at radius 2 is 1.95 bits per heavy atom. The highest BCUT2D eigenvalue weighted by molar-refractivity contribution is 7.99. The van der Waals surface area contributed by atoms with Crippen LogP contribution in [0.5, 0.6) is 5.75 Å². The second-order valence-corrected chi connectivity index (χ2v) is 14.5. The number of aryl methyl sites for hydroxylation is 2. The van der Waals surface area contributed by atoms with Gasteiger partial charge in [0, 0.05) is 17.0 Å². The molecule has 0 unspecified atom stereocenters. The summed E-state index contributed by atoms with van der Waals surface area (Å²) in [6.45, 7) is 11.2. The molecule has 8 heteroatoms. The molecule has 0 saturated heterocycles. The maximum atomic E-state index is 14.3. The molecule has 0 radical (unpaired) electrons. The fraction of sp³-hybridized carbons (Fsp3) is 0.581. The van der Waals surface area contributed by atoms with Crippen molar-refractivity contribution < 1.29 is 9.53 Å². The Morgan fingerprint density at radius 3 is 2.64 bits per heavy atom. The number of hydrogen-bond acceptors (Lipinski definition) is 6. The van der Waals surface area contributed by atoms with E-state index in [0.29, 0.717) is 16.8 Å². The molecule has 210 valence electrons. The number of carbonyl (C=O) groups excluding carboxylic acids is 1. The molecular formula is C31H41N3O3S2. The minimum atomic E-state index is -0.0489. The second kappa shape index (κ2) is 11.3. The van der Waals surface area contributed by atoms with Crippen molar-refractivity contribution >= 4 is 39.2 Å². The van der Waals surface area contributed by atoms with Crippen LogP contribution in [0.4, 0.5) is 0 Å². The van der Waals surface area contributed by atoms with Gasteiger partial charge in [-0.15, -0.1) is 11.3 Å². The number of fused-ring (bicyclic) bond motifs is 3. The Bertz CT molecular complexity index is 1430. The van der Waals surface area contributed by atoms with Gasteiger partial charge in [0.2, 0.25) is 5.91 Å². The number of thiophene rings is 1. The summed E-state index contributed by atoms with van der Waals surface area (Å²) in [7, 11) is 1.63. The van der Waals surface area contributed by atoms with Gasteiger partial charge in [-0.3, -0.25) is 14.2 Å². The molecule has 0 bridgehead atoms. The summed E-state index contributed by atoms with van der Waals surface area (Å²) in [4.78, 5) is 34.4. The lowest BCUT2D eigenvalue weighted by atomic mass is 9.72. The minimum Gasteiger partial charge on any atom is -0.497 e. The van der Waals surface area contributed by atoms with Crippen LogP contribution in [-0.4, -0.2) is 34.4 Å². The van der Waals surface area contributed by atoms with Gasteiger partial charge in [0.1, 0.15) is 10.6 Å². The molecule has 1 saturated carbocycles. The van der Waals surface area contributed by atoms with E-state index in [0.717, 1.165) is 72.3 Å². The van der Waals surface area contributed by atoms with Gasteiger partial charge >= 0.3 is 0 Å². The summed E-state index contributed by atoms with van der Waals surface area (Å²) in [5.74, 6) is 2.23. The third kappa shape index (κ3) is 5.92. The average Bonchev–Trinajstić information content (AvgIpc) is 3.27. The van der Waals surface area contributed by atoms with Crippen LogP contribution >= 0.6 is 23.1 Å². The summed E-state index contributed by atoms with van der Waals surface area (Å²) < 4.78 is 7.21. The molecule has 1 aromatic carbocycles. The fourth-order valence-electron chi connectivity index (χ4n) is 6.02. The van der Waals surface area contributed by atoms with Crippen molar-refractivity contribution in [2.45, 2.75) is 90.8 Å². The fourth-order valence-corrected chi connectivity index (χ4v) is 8.17. The van der Waals surface area contributed by atoms with E-state index in [4.69, 9.17) is 9.72 Å². The zero-order valence-corrected chi connectivity index (χ0v) is 25.7. The number of nitrogens with zero attached hydrogens (tertiary/aromatic N) is 2. The highest BCUT2D eigenvalue weighted by Gasteiger charge is 2.32. The van der Waals surface area contributed by atoms with Crippen molar-refractivity contribution in [1.29, 1.82) is 0 Å². The van der Waals surface area contributed by atoms with E-state index < -0.39 is 0 Å². The van der Waals surface area contributed by atoms with E-state index in [2.05, 4.69) is 33.0 Å². The lowest BCUT2D eigenvalue weighted by Gasteiger charge is -2.33. The number of hydrogen-bond donors (Lipinski definition) is 1. The zero-order valence-electron chi connectivity index (χ0n) is 24.1. The van der Waals surface area contributed by atoms with Crippen LogP contribution in [0, 0.1) is 24.2 Å². The molecule has 0 spiro atoms. The predicted octanol–water partition coefficient (Wildman–Crippen LogP) is 6.70. The molecule has 2 aliphatic carbocycles. The van der Waals surface area contributed by atoms with E-state index in [1.54, 1.807) is 23.0 Å². The standard InChI is InChI=1S/C31H41N3O3S2/c1-18-7-11-21(12-8-18)32-26(35)17-38-30-33-28-27(23-14-10-20(31(3,4)5)15-25(23)39-28)29(36)34(30)24-16-22(37-6)13-9-19(24)2/h9,13,16,18,20-21H,7-8,10-12,14-15,17H2,1-6H3,(H,32,35)/t18?,20-,21?/m0/s1. The molecule has 1 amide bonds. The van der Waals surface area contributed by atoms with Gasteiger partial charge in [0.15, 0.2) is 5.16 Å². The average molecular weight is 568 g/mol. The van der Waals surface area contributed by atoms with Gasteiger partial charge in [0.05, 0.1) is 23.9 Å². The molecule has 2 aliphatic rings. The number of carbonyl (C=O) groups is 1. The molecule has 3 aromatic rings. The summed E-state index contributed by atoms with van der Waals surface area (Å²) >= 11 is 3.01. The van der Waals surface area contributed by atoms with E-state index in [1.807, 2.05) is 25.1 Å². The van der Waals surface area contributed by atoms with E-state index >= 15 is 0 Å². The van der Waals surface area contributed by atoms with Crippen LogP contribution in [0.2, 0.25) is 0 Å². The Morgan fingerprint density at radius 1 is 1.21 bits per heavy atom. The van der Waals surface area contributed by atoms with Crippen molar-refractivity contribution in [3.63, 3.8) is 0 Å².